The molecule has 3 unspecified atom stereocenters. The molecular weight excluding hydrogens is 120 g/mol. The van der Waals surface area contributed by atoms with Crippen LogP contribution in [0.3, 0.4) is 0 Å². The Bertz CT molecular complexity index is 137. The third-order valence-corrected chi connectivity index (χ3v) is 3.27. The topological polar surface area (TPSA) is 0 Å². The molecule has 0 nitrogen and oxygen atoms in total. The molecule has 0 spiro atoms. The molecule has 1 rings (SSSR count). The standard InChI is InChI=1S/C10H18/c1-5-7-10(4)8(3)9(10)6-2/h6,8-9H,2,5,7H2,1,3-4H3. The number of allylic oxidation sites excluding steroid dienone is 1. The summed E-state index contributed by atoms with van der Waals surface area (Å²) in [4.78, 5) is 0. The molecule has 1 saturated carbocycles. The average molecular weight is 138 g/mol. The van der Waals surface area contributed by atoms with Crippen LogP contribution in [-0.4, -0.2) is 0 Å². The monoisotopic (exact) mass is 138 g/mol. The molecule has 1 aliphatic carbocycles. The Hall–Kier alpha value is -0.260. The summed E-state index contributed by atoms with van der Waals surface area (Å²) in [5.74, 6) is 1.68. The van der Waals surface area contributed by atoms with Crippen LogP contribution in [0.25, 0.3) is 0 Å². The van der Waals surface area contributed by atoms with Crippen LogP contribution in [0.1, 0.15) is 33.6 Å². The lowest BCUT2D eigenvalue weighted by atomic mass is 9.99. The Kier molecular flexibility index (Phi) is 1.89. The first kappa shape index (κ1) is 7.84. The molecule has 0 heteroatoms. The van der Waals surface area contributed by atoms with E-state index in [4.69, 9.17) is 0 Å². The summed E-state index contributed by atoms with van der Waals surface area (Å²) in [6.07, 6.45) is 4.80. The van der Waals surface area contributed by atoms with Crippen molar-refractivity contribution < 1.29 is 0 Å². The molecule has 10 heavy (non-hydrogen) atoms. The predicted molar refractivity (Wildman–Crippen MR) is 45.9 cm³/mol. The van der Waals surface area contributed by atoms with Crippen LogP contribution >= 0.6 is 0 Å². The molecule has 0 radical (unpaired) electrons. The molecule has 0 aliphatic heterocycles. The van der Waals surface area contributed by atoms with Gasteiger partial charge in [-0.1, -0.05) is 33.3 Å². The van der Waals surface area contributed by atoms with E-state index in [1.54, 1.807) is 0 Å². The summed E-state index contributed by atoms with van der Waals surface area (Å²) < 4.78 is 0. The van der Waals surface area contributed by atoms with E-state index in [2.05, 4.69) is 33.4 Å². The van der Waals surface area contributed by atoms with Crippen molar-refractivity contribution in [3.63, 3.8) is 0 Å². The first-order chi connectivity index (χ1) is 4.66. The molecular formula is C10H18. The highest BCUT2D eigenvalue weighted by Gasteiger charge is 2.55. The van der Waals surface area contributed by atoms with Crippen molar-refractivity contribution in [2.45, 2.75) is 33.6 Å². The molecule has 0 heterocycles. The summed E-state index contributed by atoms with van der Waals surface area (Å²) in [6.45, 7) is 10.8. The first-order valence-corrected chi connectivity index (χ1v) is 4.29. The van der Waals surface area contributed by atoms with E-state index in [1.165, 1.54) is 12.8 Å². The van der Waals surface area contributed by atoms with E-state index in [1.807, 2.05) is 0 Å². The Morgan fingerprint density at radius 3 is 2.50 bits per heavy atom. The molecule has 0 N–H and O–H groups in total. The minimum atomic E-state index is 0.608. The lowest BCUT2D eigenvalue weighted by molar-refractivity contribution is 0.454. The van der Waals surface area contributed by atoms with Crippen LogP contribution in [-0.2, 0) is 0 Å². The Labute approximate surface area is 64.3 Å². The smallest absolute Gasteiger partial charge is 0.0148 e. The number of rotatable bonds is 3. The molecule has 0 aromatic carbocycles. The molecule has 0 amide bonds. The normalized spacial score (nSPS) is 45.1. The maximum atomic E-state index is 3.85. The molecule has 0 saturated heterocycles. The third kappa shape index (κ3) is 0.902. The molecule has 1 aliphatic rings. The fourth-order valence-corrected chi connectivity index (χ4v) is 2.25. The van der Waals surface area contributed by atoms with Gasteiger partial charge < -0.3 is 0 Å². The maximum absolute atomic E-state index is 3.85. The highest BCUT2D eigenvalue weighted by Crippen LogP contribution is 2.61. The number of hydrogen-bond acceptors (Lipinski definition) is 0. The lowest BCUT2D eigenvalue weighted by Gasteiger charge is -2.06. The van der Waals surface area contributed by atoms with Crippen molar-refractivity contribution in [1.29, 1.82) is 0 Å². The fourth-order valence-electron chi connectivity index (χ4n) is 2.25. The van der Waals surface area contributed by atoms with Gasteiger partial charge in [0.15, 0.2) is 0 Å². The quantitative estimate of drug-likeness (QED) is 0.525. The van der Waals surface area contributed by atoms with E-state index in [9.17, 15) is 0 Å². The van der Waals surface area contributed by atoms with Crippen molar-refractivity contribution in [1.82, 2.24) is 0 Å². The van der Waals surface area contributed by atoms with Crippen LogP contribution in [0.2, 0.25) is 0 Å². The van der Waals surface area contributed by atoms with Gasteiger partial charge in [0, 0.05) is 0 Å². The van der Waals surface area contributed by atoms with Gasteiger partial charge in [-0.15, -0.1) is 6.58 Å². The van der Waals surface area contributed by atoms with E-state index in [-0.39, 0.29) is 0 Å². The first-order valence-electron chi connectivity index (χ1n) is 4.29. The molecule has 58 valence electrons. The van der Waals surface area contributed by atoms with Crippen molar-refractivity contribution >= 4 is 0 Å². The van der Waals surface area contributed by atoms with Crippen molar-refractivity contribution in [3.8, 4) is 0 Å². The van der Waals surface area contributed by atoms with Gasteiger partial charge in [0.25, 0.3) is 0 Å². The third-order valence-electron chi connectivity index (χ3n) is 3.27. The van der Waals surface area contributed by atoms with Crippen LogP contribution in [0.5, 0.6) is 0 Å². The second kappa shape index (κ2) is 2.41. The van der Waals surface area contributed by atoms with Crippen molar-refractivity contribution in [3.05, 3.63) is 12.7 Å². The van der Waals surface area contributed by atoms with E-state index in [0.717, 1.165) is 11.8 Å². The van der Waals surface area contributed by atoms with Crippen molar-refractivity contribution in [2.75, 3.05) is 0 Å². The zero-order chi connectivity index (χ0) is 7.78. The average Bonchev–Trinajstić information content (AvgIpc) is 2.37. The van der Waals surface area contributed by atoms with Gasteiger partial charge in [-0.05, 0) is 23.7 Å². The van der Waals surface area contributed by atoms with Crippen LogP contribution in [0.15, 0.2) is 12.7 Å². The molecule has 1 fully saturated rings. The van der Waals surface area contributed by atoms with Gasteiger partial charge in [0.05, 0.1) is 0 Å². The van der Waals surface area contributed by atoms with E-state index in [0.29, 0.717) is 5.41 Å². The van der Waals surface area contributed by atoms with E-state index < -0.39 is 0 Å². The Morgan fingerprint density at radius 2 is 2.20 bits per heavy atom. The second-order valence-electron chi connectivity index (χ2n) is 3.81. The Balaban J connectivity index is 2.49. The summed E-state index contributed by atoms with van der Waals surface area (Å²) in [5, 5.41) is 0. The zero-order valence-electron chi connectivity index (χ0n) is 7.35. The van der Waals surface area contributed by atoms with Gasteiger partial charge in [-0.2, -0.15) is 0 Å². The summed E-state index contributed by atoms with van der Waals surface area (Å²) in [6, 6.07) is 0. The van der Waals surface area contributed by atoms with Gasteiger partial charge in [-0.25, -0.2) is 0 Å². The summed E-state index contributed by atoms with van der Waals surface area (Å²) in [5.41, 5.74) is 0.608. The van der Waals surface area contributed by atoms with Crippen LogP contribution in [0, 0.1) is 17.3 Å². The Morgan fingerprint density at radius 1 is 1.60 bits per heavy atom. The number of hydrogen-bond donors (Lipinski definition) is 0. The summed E-state index contributed by atoms with van der Waals surface area (Å²) >= 11 is 0. The molecule has 3 atom stereocenters. The van der Waals surface area contributed by atoms with Gasteiger partial charge in [0.2, 0.25) is 0 Å². The molecule has 0 aromatic rings. The zero-order valence-corrected chi connectivity index (χ0v) is 7.35. The van der Waals surface area contributed by atoms with Gasteiger partial charge in [0.1, 0.15) is 0 Å². The fraction of sp³-hybridized carbons (Fsp3) is 0.800. The second-order valence-corrected chi connectivity index (χ2v) is 3.81. The van der Waals surface area contributed by atoms with Crippen LogP contribution in [0.4, 0.5) is 0 Å². The minimum absolute atomic E-state index is 0.608. The maximum Gasteiger partial charge on any atom is -0.0148 e. The van der Waals surface area contributed by atoms with E-state index >= 15 is 0 Å². The lowest BCUT2D eigenvalue weighted by Crippen LogP contribution is -1.96. The highest BCUT2D eigenvalue weighted by atomic mass is 14.6. The summed E-state index contributed by atoms with van der Waals surface area (Å²) in [7, 11) is 0. The van der Waals surface area contributed by atoms with Crippen molar-refractivity contribution in [2.24, 2.45) is 17.3 Å². The molecule has 0 aromatic heterocycles. The largest absolute Gasteiger partial charge is 0.103 e. The highest BCUT2D eigenvalue weighted by molar-refractivity contribution is 5.12. The minimum Gasteiger partial charge on any atom is -0.103 e. The SMILES string of the molecule is C=CC1C(C)C1(C)CCC. The van der Waals surface area contributed by atoms with Crippen LogP contribution < -0.4 is 0 Å². The van der Waals surface area contributed by atoms with Gasteiger partial charge in [-0.3, -0.25) is 0 Å². The van der Waals surface area contributed by atoms with Gasteiger partial charge >= 0.3 is 0 Å². The predicted octanol–water partition coefficient (Wildman–Crippen LogP) is 3.24. The molecule has 0 bridgehead atoms.